The van der Waals surface area contributed by atoms with Crippen LogP contribution in [0.4, 0.5) is 11.4 Å². The molecule has 0 amide bonds. The van der Waals surface area contributed by atoms with Crippen LogP contribution in [0.25, 0.3) is 10.9 Å². The lowest BCUT2D eigenvalue weighted by molar-refractivity contribution is 0.0527. The fourth-order valence-corrected chi connectivity index (χ4v) is 2.92. The van der Waals surface area contributed by atoms with Gasteiger partial charge in [0, 0.05) is 18.1 Å². The van der Waals surface area contributed by atoms with Crippen molar-refractivity contribution in [3.63, 3.8) is 0 Å². The predicted octanol–water partition coefficient (Wildman–Crippen LogP) is 3.25. The summed E-state index contributed by atoms with van der Waals surface area (Å²) >= 11 is 0. The molecule has 3 rings (SSSR count). The lowest BCUT2D eigenvalue weighted by Crippen LogP contribution is -2.12. The number of benzene rings is 2. The normalized spacial score (nSPS) is 10.8. The summed E-state index contributed by atoms with van der Waals surface area (Å²) in [5.41, 5.74) is 9.01. The Hall–Kier alpha value is -3.15. The molecule has 3 aromatic rings. The Kier molecular flexibility index (Phi) is 4.52. The number of nitrogen functional groups attached to an aromatic ring is 1. The van der Waals surface area contributed by atoms with Crippen molar-refractivity contribution in [3.05, 3.63) is 53.7 Å². The minimum atomic E-state index is -0.415. The summed E-state index contributed by atoms with van der Waals surface area (Å²) in [5.74, 6) is -0.464. The van der Waals surface area contributed by atoms with Crippen LogP contribution in [0.5, 0.6) is 5.75 Å². The molecule has 130 valence electrons. The van der Waals surface area contributed by atoms with Gasteiger partial charge in [-0.05, 0) is 31.2 Å². The predicted molar refractivity (Wildman–Crippen MR) is 98.7 cm³/mol. The maximum absolute atomic E-state index is 12.5. The number of aromatic hydroxyl groups is 1. The van der Waals surface area contributed by atoms with Gasteiger partial charge in [0.1, 0.15) is 5.75 Å². The molecule has 1 heterocycles. The first-order valence-corrected chi connectivity index (χ1v) is 8.08. The van der Waals surface area contributed by atoms with Gasteiger partial charge in [-0.3, -0.25) is 0 Å². The van der Waals surface area contributed by atoms with Crippen LogP contribution in [0.15, 0.2) is 42.5 Å². The smallest absolute Gasteiger partial charge is 0.340 e. The third kappa shape index (κ3) is 3.10. The van der Waals surface area contributed by atoms with Gasteiger partial charge in [-0.1, -0.05) is 18.2 Å². The van der Waals surface area contributed by atoms with Gasteiger partial charge in [0.05, 0.1) is 35.6 Å². The maximum Gasteiger partial charge on any atom is 0.340 e. The second-order valence-corrected chi connectivity index (χ2v) is 5.75. The highest BCUT2D eigenvalue weighted by atomic mass is 16.5. The van der Waals surface area contributed by atoms with Gasteiger partial charge < -0.3 is 25.5 Å². The monoisotopic (exact) mass is 339 g/mol. The van der Waals surface area contributed by atoms with Gasteiger partial charge in [0.15, 0.2) is 0 Å². The standard InChI is InChI=1S/C19H21N3O3/c1-3-25-19(24)18-13-9-17(23)14(20)10-15(13)22(2)16(18)11-21-12-7-5-4-6-8-12/h4-10,21,23H,3,11,20H2,1-2H3. The molecule has 6 nitrogen and oxygen atoms in total. The highest BCUT2D eigenvalue weighted by Crippen LogP contribution is 2.33. The minimum Gasteiger partial charge on any atom is -0.506 e. The summed E-state index contributed by atoms with van der Waals surface area (Å²) in [7, 11) is 1.86. The Bertz CT molecular complexity index is 917. The molecular weight excluding hydrogens is 318 g/mol. The summed E-state index contributed by atoms with van der Waals surface area (Å²) in [5, 5.41) is 13.9. The number of esters is 1. The summed E-state index contributed by atoms with van der Waals surface area (Å²) in [6.07, 6.45) is 0. The van der Waals surface area contributed by atoms with Crippen molar-refractivity contribution in [2.24, 2.45) is 7.05 Å². The lowest BCUT2D eigenvalue weighted by Gasteiger charge is -2.10. The van der Waals surface area contributed by atoms with Crippen molar-refractivity contribution < 1.29 is 14.6 Å². The zero-order valence-corrected chi connectivity index (χ0v) is 14.2. The number of phenols is 1. The summed E-state index contributed by atoms with van der Waals surface area (Å²) < 4.78 is 7.12. The van der Waals surface area contributed by atoms with Gasteiger partial charge in [-0.15, -0.1) is 0 Å². The number of carbonyl (C=O) groups is 1. The molecule has 0 radical (unpaired) electrons. The Morgan fingerprint density at radius 2 is 2.00 bits per heavy atom. The largest absolute Gasteiger partial charge is 0.506 e. The van der Waals surface area contributed by atoms with Crippen LogP contribution >= 0.6 is 0 Å². The molecule has 25 heavy (non-hydrogen) atoms. The third-order valence-corrected chi connectivity index (χ3v) is 4.18. The number of phenolic OH excluding ortho intramolecular Hbond substituents is 1. The first kappa shape index (κ1) is 16.7. The number of nitrogens with two attached hydrogens (primary N) is 1. The van der Waals surface area contributed by atoms with Crippen LogP contribution in [0.2, 0.25) is 0 Å². The molecule has 6 heteroatoms. The second kappa shape index (κ2) is 6.76. The number of ether oxygens (including phenoxy) is 1. The highest BCUT2D eigenvalue weighted by Gasteiger charge is 2.23. The number of nitrogens with zero attached hydrogens (tertiary/aromatic N) is 1. The summed E-state index contributed by atoms with van der Waals surface area (Å²) in [6, 6.07) is 12.9. The van der Waals surface area contributed by atoms with Crippen molar-refractivity contribution in [2.75, 3.05) is 17.7 Å². The van der Waals surface area contributed by atoms with E-state index in [4.69, 9.17) is 10.5 Å². The number of para-hydroxylation sites is 1. The fourth-order valence-electron chi connectivity index (χ4n) is 2.92. The van der Waals surface area contributed by atoms with E-state index in [0.717, 1.165) is 16.9 Å². The molecule has 2 aromatic carbocycles. The zero-order valence-electron chi connectivity index (χ0n) is 14.2. The highest BCUT2D eigenvalue weighted by molar-refractivity contribution is 6.07. The number of aromatic nitrogens is 1. The molecule has 0 saturated heterocycles. The molecule has 4 N–H and O–H groups in total. The van der Waals surface area contributed by atoms with E-state index in [-0.39, 0.29) is 18.0 Å². The van der Waals surface area contributed by atoms with E-state index < -0.39 is 5.97 Å². The van der Waals surface area contributed by atoms with Gasteiger partial charge in [0.25, 0.3) is 0 Å². The summed E-state index contributed by atoms with van der Waals surface area (Å²) in [4.78, 5) is 12.5. The molecule has 0 aliphatic heterocycles. The van der Waals surface area contributed by atoms with E-state index in [1.54, 1.807) is 13.0 Å². The van der Waals surface area contributed by atoms with E-state index in [1.807, 2.05) is 41.9 Å². The molecule has 0 saturated carbocycles. The molecule has 0 spiro atoms. The number of nitrogens with one attached hydrogen (secondary N) is 1. The zero-order chi connectivity index (χ0) is 18.0. The average Bonchev–Trinajstić information content (AvgIpc) is 2.86. The Labute approximate surface area is 145 Å². The number of rotatable bonds is 5. The van der Waals surface area contributed by atoms with E-state index in [9.17, 15) is 9.90 Å². The van der Waals surface area contributed by atoms with Gasteiger partial charge in [0.2, 0.25) is 0 Å². The molecular formula is C19H21N3O3. The topological polar surface area (TPSA) is 89.5 Å². The molecule has 0 fully saturated rings. The molecule has 1 aromatic heterocycles. The quantitative estimate of drug-likeness (QED) is 0.377. The molecule has 0 bridgehead atoms. The van der Waals surface area contributed by atoms with Crippen LogP contribution in [0.3, 0.4) is 0 Å². The molecule has 0 unspecified atom stereocenters. The van der Waals surface area contributed by atoms with Gasteiger partial charge >= 0.3 is 5.97 Å². The van der Waals surface area contributed by atoms with Crippen molar-refractivity contribution in [3.8, 4) is 5.75 Å². The number of fused-ring (bicyclic) bond motifs is 1. The average molecular weight is 339 g/mol. The van der Waals surface area contributed by atoms with Crippen LogP contribution < -0.4 is 11.1 Å². The number of hydrogen-bond donors (Lipinski definition) is 3. The minimum absolute atomic E-state index is 0.0498. The molecule has 0 atom stereocenters. The van der Waals surface area contributed by atoms with E-state index in [2.05, 4.69) is 5.32 Å². The first-order valence-electron chi connectivity index (χ1n) is 8.08. The first-order chi connectivity index (χ1) is 12.0. The Morgan fingerprint density at radius 3 is 2.68 bits per heavy atom. The third-order valence-electron chi connectivity index (χ3n) is 4.18. The van der Waals surface area contributed by atoms with Crippen molar-refractivity contribution in [2.45, 2.75) is 13.5 Å². The maximum atomic E-state index is 12.5. The Balaban J connectivity index is 2.10. The van der Waals surface area contributed by atoms with E-state index in [1.165, 1.54) is 6.07 Å². The molecule has 0 aliphatic rings. The number of carbonyl (C=O) groups excluding carboxylic acids is 1. The molecule has 0 aliphatic carbocycles. The van der Waals surface area contributed by atoms with Gasteiger partial charge in [-0.2, -0.15) is 0 Å². The number of hydrogen-bond acceptors (Lipinski definition) is 5. The summed E-state index contributed by atoms with van der Waals surface area (Å²) in [6.45, 7) is 2.48. The van der Waals surface area contributed by atoms with Crippen LogP contribution in [-0.4, -0.2) is 22.2 Å². The lowest BCUT2D eigenvalue weighted by atomic mass is 10.1. The van der Waals surface area contributed by atoms with Crippen molar-refractivity contribution in [1.29, 1.82) is 0 Å². The van der Waals surface area contributed by atoms with Crippen LogP contribution in [0.1, 0.15) is 23.0 Å². The Morgan fingerprint density at radius 1 is 1.28 bits per heavy atom. The second-order valence-electron chi connectivity index (χ2n) is 5.75. The van der Waals surface area contributed by atoms with Crippen molar-refractivity contribution in [1.82, 2.24) is 4.57 Å². The van der Waals surface area contributed by atoms with Crippen molar-refractivity contribution >= 4 is 28.2 Å². The fraction of sp³-hybridized carbons (Fsp3) is 0.211. The van der Waals surface area contributed by atoms with Crippen LogP contribution in [-0.2, 0) is 18.3 Å². The van der Waals surface area contributed by atoms with Crippen LogP contribution in [0, 0.1) is 0 Å². The number of anilines is 2. The van der Waals surface area contributed by atoms with Gasteiger partial charge in [-0.25, -0.2) is 4.79 Å². The van der Waals surface area contributed by atoms with E-state index >= 15 is 0 Å². The van der Waals surface area contributed by atoms with E-state index in [0.29, 0.717) is 17.5 Å². The number of aryl methyl sites for hydroxylation is 1. The SMILES string of the molecule is CCOC(=O)c1c(CNc2ccccc2)n(C)c2cc(N)c(O)cc12.